The standard InChI is InChI=1S/C8H22N4Si/c1-9-7(10-2)5-4-6-8(7,11-3)12-13/h9-12H,4-6H2,1-3,13H3. The van der Waals surface area contributed by atoms with Crippen LogP contribution in [0.3, 0.4) is 0 Å². The Morgan fingerprint density at radius 3 is 1.69 bits per heavy atom. The molecule has 0 aliphatic heterocycles. The number of likely N-dealkylation sites (N-methyl/N-ethyl adjacent to an activating group) is 3. The maximum atomic E-state index is 3.52. The highest BCUT2D eigenvalue weighted by Crippen LogP contribution is 2.34. The van der Waals surface area contributed by atoms with Crippen molar-refractivity contribution in [3.05, 3.63) is 0 Å². The van der Waals surface area contributed by atoms with Crippen molar-refractivity contribution in [3.63, 3.8) is 0 Å². The van der Waals surface area contributed by atoms with Gasteiger partial charge in [0, 0.05) is 0 Å². The van der Waals surface area contributed by atoms with E-state index in [1.54, 1.807) is 0 Å². The van der Waals surface area contributed by atoms with Gasteiger partial charge in [0.1, 0.15) is 0 Å². The Hall–Kier alpha value is 0.0569. The lowest BCUT2D eigenvalue weighted by atomic mass is 9.97. The molecule has 4 N–H and O–H groups in total. The predicted molar refractivity (Wildman–Crippen MR) is 59.6 cm³/mol. The van der Waals surface area contributed by atoms with Gasteiger partial charge in [-0.3, -0.25) is 10.6 Å². The van der Waals surface area contributed by atoms with E-state index in [0.29, 0.717) is 0 Å². The molecule has 0 aromatic heterocycles. The predicted octanol–water partition coefficient (Wildman–Crippen LogP) is -1.91. The Kier molecular flexibility index (Phi) is 3.48. The van der Waals surface area contributed by atoms with Gasteiger partial charge in [0.15, 0.2) is 0 Å². The second-order valence-corrected chi connectivity index (χ2v) is 4.16. The van der Waals surface area contributed by atoms with Gasteiger partial charge in [-0.2, -0.15) is 0 Å². The average molecular weight is 202 g/mol. The summed E-state index contributed by atoms with van der Waals surface area (Å²) in [4.78, 5) is 3.52. The van der Waals surface area contributed by atoms with Gasteiger partial charge in [0.05, 0.1) is 21.7 Å². The molecule has 5 heteroatoms. The average Bonchev–Trinajstić information content (AvgIpc) is 2.57. The van der Waals surface area contributed by atoms with Crippen LogP contribution in [0.15, 0.2) is 0 Å². The van der Waals surface area contributed by atoms with Gasteiger partial charge >= 0.3 is 0 Å². The Labute approximate surface area is 83.7 Å². The van der Waals surface area contributed by atoms with Crippen LogP contribution in [0.4, 0.5) is 0 Å². The molecule has 1 aliphatic rings. The fourth-order valence-corrected chi connectivity index (χ4v) is 3.58. The van der Waals surface area contributed by atoms with Crippen molar-refractivity contribution in [3.8, 4) is 0 Å². The topological polar surface area (TPSA) is 48.1 Å². The third kappa shape index (κ3) is 1.44. The van der Waals surface area contributed by atoms with E-state index in [9.17, 15) is 0 Å². The molecule has 1 aliphatic carbocycles. The number of hydrogen-bond acceptors (Lipinski definition) is 4. The van der Waals surface area contributed by atoms with E-state index < -0.39 is 0 Å². The summed E-state index contributed by atoms with van der Waals surface area (Å²) in [6, 6.07) is 0. The Morgan fingerprint density at radius 2 is 1.38 bits per heavy atom. The summed E-state index contributed by atoms with van der Waals surface area (Å²) < 4.78 is 0. The summed E-state index contributed by atoms with van der Waals surface area (Å²) in [6.07, 6.45) is 3.59. The summed E-state index contributed by atoms with van der Waals surface area (Å²) in [7, 11) is 7.07. The molecule has 0 saturated heterocycles. The molecule has 1 fully saturated rings. The molecule has 0 aromatic rings. The van der Waals surface area contributed by atoms with Gasteiger partial charge in [-0.25, -0.2) is 0 Å². The highest BCUT2D eigenvalue weighted by Gasteiger charge is 2.51. The van der Waals surface area contributed by atoms with Crippen LogP contribution in [0.25, 0.3) is 0 Å². The highest BCUT2D eigenvalue weighted by molar-refractivity contribution is 6.05. The smallest absolute Gasteiger partial charge is 0.0999 e. The van der Waals surface area contributed by atoms with Crippen LogP contribution in [0.1, 0.15) is 19.3 Å². The Bertz CT molecular complexity index is 148. The van der Waals surface area contributed by atoms with Crippen LogP contribution >= 0.6 is 0 Å². The van der Waals surface area contributed by atoms with Crippen LogP contribution in [0, 0.1) is 0 Å². The minimum atomic E-state index is 0.00347. The maximum Gasteiger partial charge on any atom is 0.0999 e. The van der Waals surface area contributed by atoms with E-state index >= 15 is 0 Å². The molecule has 0 bridgehead atoms. The molecule has 0 amide bonds. The highest BCUT2D eigenvalue weighted by atomic mass is 28.2. The summed E-state index contributed by atoms with van der Waals surface area (Å²) in [5.41, 5.74) is 0.0340. The first kappa shape index (κ1) is 11.1. The molecule has 78 valence electrons. The molecule has 0 heterocycles. The number of rotatable bonds is 4. The van der Waals surface area contributed by atoms with Crippen molar-refractivity contribution in [1.29, 1.82) is 0 Å². The van der Waals surface area contributed by atoms with Crippen LogP contribution in [0.2, 0.25) is 0 Å². The fourth-order valence-electron chi connectivity index (χ4n) is 2.65. The molecule has 13 heavy (non-hydrogen) atoms. The first-order chi connectivity index (χ1) is 6.20. The monoisotopic (exact) mass is 202 g/mol. The van der Waals surface area contributed by atoms with Gasteiger partial charge in [0.2, 0.25) is 0 Å². The first-order valence-electron chi connectivity index (χ1n) is 4.96. The molecule has 1 unspecified atom stereocenters. The van der Waals surface area contributed by atoms with Crippen LogP contribution < -0.4 is 20.9 Å². The molecule has 0 radical (unpaired) electrons. The van der Waals surface area contributed by atoms with Crippen molar-refractivity contribution in [2.75, 3.05) is 21.1 Å². The third-order valence-corrected chi connectivity index (χ3v) is 4.39. The van der Waals surface area contributed by atoms with Gasteiger partial charge in [-0.1, -0.05) is 0 Å². The lowest BCUT2D eigenvalue weighted by Gasteiger charge is -2.46. The Balaban J connectivity index is 2.92. The van der Waals surface area contributed by atoms with Gasteiger partial charge < -0.3 is 10.3 Å². The van der Waals surface area contributed by atoms with E-state index in [4.69, 9.17) is 0 Å². The van der Waals surface area contributed by atoms with Crippen molar-refractivity contribution >= 4 is 10.4 Å². The Morgan fingerprint density at radius 1 is 0.923 bits per heavy atom. The van der Waals surface area contributed by atoms with Crippen LogP contribution in [-0.4, -0.2) is 42.9 Å². The zero-order valence-electron chi connectivity index (χ0n) is 9.12. The van der Waals surface area contributed by atoms with Gasteiger partial charge in [0.25, 0.3) is 0 Å². The minimum absolute atomic E-state index is 0.00347. The van der Waals surface area contributed by atoms with E-state index in [1.807, 2.05) is 21.1 Å². The van der Waals surface area contributed by atoms with Crippen molar-refractivity contribution in [1.82, 2.24) is 20.9 Å². The first-order valence-corrected chi connectivity index (χ1v) is 5.96. The van der Waals surface area contributed by atoms with Crippen LogP contribution in [-0.2, 0) is 0 Å². The second-order valence-electron chi connectivity index (χ2n) is 3.66. The third-order valence-electron chi connectivity index (χ3n) is 3.54. The van der Waals surface area contributed by atoms with E-state index in [2.05, 4.69) is 20.9 Å². The number of hydrogen-bond donors (Lipinski definition) is 4. The summed E-state index contributed by atoms with van der Waals surface area (Å²) in [5, 5.41) is 10.2. The molecule has 1 atom stereocenters. The van der Waals surface area contributed by atoms with Crippen molar-refractivity contribution in [2.45, 2.75) is 30.6 Å². The second kappa shape index (κ2) is 4.06. The van der Waals surface area contributed by atoms with Gasteiger partial charge in [-0.05, 0) is 40.4 Å². The lowest BCUT2D eigenvalue weighted by Crippen LogP contribution is -2.76. The van der Waals surface area contributed by atoms with E-state index in [0.717, 1.165) is 16.8 Å². The molecule has 0 spiro atoms. The van der Waals surface area contributed by atoms with Crippen molar-refractivity contribution < 1.29 is 0 Å². The molecule has 0 aromatic carbocycles. The van der Waals surface area contributed by atoms with Gasteiger partial charge in [-0.15, -0.1) is 0 Å². The maximum absolute atomic E-state index is 3.52. The normalized spacial score (nSPS) is 32.5. The summed E-state index contributed by atoms with van der Waals surface area (Å²) in [6.45, 7) is 0. The van der Waals surface area contributed by atoms with Crippen molar-refractivity contribution in [2.24, 2.45) is 0 Å². The quantitative estimate of drug-likeness (QED) is 0.317. The zero-order valence-corrected chi connectivity index (χ0v) is 11.1. The zero-order chi connectivity index (χ0) is 9.95. The molecule has 4 nitrogen and oxygen atoms in total. The molecule has 1 rings (SSSR count). The molecule has 1 saturated carbocycles. The fraction of sp³-hybridized carbons (Fsp3) is 1.00. The van der Waals surface area contributed by atoms with Crippen LogP contribution in [0.5, 0.6) is 0 Å². The SMILES string of the molecule is CNC1(NC)CCCC1(NC)N[SiH3]. The minimum Gasteiger partial charge on any atom is -0.326 e. The molecular weight excluding hydrogens is 180 g/mol. The van der Waals surface area contributed by atoms with E-state index in [1.165, 1.54) is 12.8 Å². The number of nitrogens with one attached hydrogen (secondary N) is 4. The summed E-state index contributed by atoms with van der Waals surface area (Å²) in [5.74, 6) is 0. The lowest BCUT2D eigenvalue weighted by molar-refractivity contribution is 0.136. The largest absolute Gasteiger partial charge is 0.326 e. The summed E-state index contributed by atoms with van der Waals surface area (Å²) >= 11 is 0. The molecular formula is C8H22N4Si. The van der Waals surface area contributed by atoms with E-state index in [-0.39, 0.29) is 11.3 Å².